The maximum Gasteiger partial charge on any atom is 0.192 e. The number of aryl methyl sites for hydroxylation is 2. The molecule has 1 N–H and O–H groups in total. The molecule has 0 radical (unpaired) electrons. The molecular formula is C9H10O3. The zero-order valence-electron chi connectivity index (χ0n) is 7.00. The number of aliphatic hydroxyl groups is 1. The predicted molar refractivity (Wildman–Crippen MR) is 44.3 cm³/mol. The van der Waals surface area contributed by atoms with E-state index in [1.165, 1.54) is 0 Å². The fourth-order valence-corrected chi connectivity index (χ4v) is 1.03. The van der Waals surface area contributed by atoms with Gasteiger partial charge in [-0.2, -0.15) is 0 Å². The van der Waals surface area contributed by atoms with Gasteiger partial charge in [0, 0.05) is 6.08 Å². The van der Waals surface area contributed by atoms with Crippen LogP contribution >= 0.6 is 0 Å². The summed E-state index contributed by atoms with van der Waals surface area (Å²) in [4.78, 5) is 11.2. The molecule has 12 heavy (non-hydrogen) atoms. The van der Waals surface area contributed by atoms with E-state index in [-0.39, 0.29) is 5.78 Å². The van der Waals surface area contributed by atoms with Crippen LogP contribution in [-0.2, 0) is 0 Å². The average Bonchev–Trinajstić information content (AvgIpc) is 2.30. The van der Waals surface area contributed by atoms with Crippen LogP contribution in [0.2, 0.25) is 0 Å². The molecule has 1 rings (SSSR count). The molecule has 0 atom stereocenters. The van der Waals surface area contributed by atoms with Crippen LogP contribution in [0.25, 0.3) is 0 Å². The Morgan fingerprint density at radius 3 is 2.67 bits per heavy atom. The van der Waals surface area contributed by atoms with E-state index in [1.54, 1.807) is 19.9 Å². The molecule has 0 bridgehead atoms. The third kappa shape index (κ3) is 1.56. The number of hydrogen-bond acceptors (Lipinski definition) is 3. The highest BCUT2D eigenvalue weighted by molar-refractivity contribution is 6.05. The van der Waals surface area contributed by atoms with Gasteiger partial charge in [0.05, 0.1) is 11.8 Å². The molecular weight excluding hydrogens is 156 g/mol. The lowest BCUT2D eigenvalue weighted by Gasteiger charge is -1.88. The largest absolute Gasteiger partial charge is 0.515 e. The van der Waals surface area contributed by atoms with Crippen molar-refractivity contribution >= 4 is 5.78 Å². The van der Waals surface area contributed by atoms with Crippen molar-refractivity contribution in [1.82, 2.24) is 0 Å². The third-order valence-corrected chi connectivity index (χ3v) is 1.53. The summed E-state index contributed by atoms with van der Waals surface area (Å²) >= 11 is 0. The highest BCUT2D eigenvalue weighted by Crippen LogP contribution is 2.14. The summed E-state index contributed by atoms with van der Waals surface area (Å²) < 4.78 is 5.15. The Kier molecular flexibility index (Phi) is 2.33. The van der Waals surface area contributed by atoms with Gasteiger partial charge in [0.25, 0.3) is 0 Å². The fraction of sp³-hybridized carbons (Fsp3) is 0.222. The van der Waals surface area contributed by atoms with E-state index in [0.717, 1.165) is 12.3 Å². The topological polar surface area (TPSA) is 50.4 Å². The van der Waals surface area contributed by atoms with Gasteiger partial charge in [-0.1, -0.05) is 0 Å². The van der Waals surface area contributed by atoms with Crippen LogP contribution in [0, 0.1) is 13.8 Å². The zero-order chi connectivity index (χ0) is 9.14. The minimum Gasteiger partial charge on any atom is -0.515 e. The molecule has 3 nitrogen and oxygen atoms in total. The summed E-state index contributed by atoms with van der Waals surface area (Å²) in [5.74, 6) is 1.03. The molecule has 1 aromatic heterocycles. The van der Waals surface area contributed by atoms with Gasteiger partial charge >= 0.3 is 0 Å². The lowest BCUT2D eigenvalue weighted by molar-refractivity contribution is 0.104. The van der Waals surface area contributed by atoms with Gasteiger partial charge in [-0.3, -0.25) is 4.79 Å². The van der Waals surface area contributed by atoms with Crippen molar-refractivity contribution in [2.45, 2.75) is 13.8 Å². The molecule has 0 saturated carbocycles. The van der Waals surface area contributed by atoms with Crippen LogP contribution in [0.15, 0.2) is 22.8 Å². The Morgan fingerprint density at radius 2 is 2.25 bits per heavy atom. The Bertz CT molecular complexity index is 321. The van der Waals surface area contributed by atoms with Crippen molar-refractivity contribution in [3.63, 3.8) is 0 Å². The standard InChI is InChI=1S/C9H10O3/c1-6-5-8(7(2)12-6)9(11)3-4-10/h3-5,10H,1-2H3. The van der Waals surface area contributed by atoms with Crippen LogP contribution in [0.4, 0.5) is 0 Å². The number of rotatable bonds is 2. The predicted octanol–water partition coefficient (Wildman–Crippen LogP) is 2.15. The number of carbonyl (C=O) groups is 1. The normalized spacial score (nSPS) is 10.8. The second-order valence-corrected chi connectivity index (χ2v) is 2.51. The number of carbonyl (C=O) groups excluding carboxylic acids is 1. The molecule has 64 valence electrons. The SMILES string of the molecule is Cc1cc(C(=O)C=CO)c(C)o1. The van der Waals surface area contributed by atoms with Crippen molar-refractivity contribution in [2.75, 3.05) is 0 Å². The summed E-state index contributed by atoms with van der Waals surface area (Å²) in [6.07, 6.45) is 1.82. The Balaban J connectivity index is 3.02. The third-order valence-electron chi connectivity index (χ3n) is 1.53. The van der Waals surface area contributed by atoms with Crippen LogP contribution in [0.1, 0.15) is 21.9 Å². The van der Waals surface area contributed by atoms with Crippen LogP contribution < -0.4 is 0 Å². The van der Waals surface area contributed by atoms with Crippen LogP contribution in [-0.4, -0.2) is 10.9 Å². The Hall–Kier alpha value is -1.51. The summed E-state index contributed by atoms with van der Waals surface area (Å²) in [7, 11) is 0. The molecule has 0 aliphatic heterocycles. The molecule has 0 saturated heterocycles. The summed E-state index contributed by atoms with van der Waals surface area (Å²) in [6.45, 7) is 3.48. The maximum atomic E-state index is 11.2. The number of hydrogen-bond donors (Lipinski definition) is 1. The van der Waals surface area contributed by atoms with Crippen molar-refractivity contribution in [3.8, 4) is 0 Å². The van der Waals surface area contributed by atoms with E-state index < -0.39 is 0 Å². The highest BCUT2D eigenvalue weighted by atomic mass is 16.3. The van der Waals surface area contributed by atoms with Gasteiger partial charge in [0.15, 0.2) is 5.78 Å². The fourth-order valence-electron chi connectivity index (χ4n) is 1.03. The van der Waals surface area contributed by atoms with Crippen LogP contribution in [0.5, 0.6) is 0 Å². The van der Waals surface area contributed by atoms with Gasteiger partial charge in [-0.25, -0.2) is 0 Å². The van der Waals surface area contributed by atoms with Gasteiger partial charge in [0.2, 0.25) is 0 Å². The number of ketones is 1. The summed E-state index contributed by atoms with van der Waals surface area (Å²) in [6, 6.07) is 1.65. The van der Waals surface area contributed by atoms with Gasteiger partial charge in [0.1, 0.15) is 11.5 Å². The van der Waals surface area contributed by atoms with E-state index >= 15 is 0 Å². The monoisotopic (exact) mass is 166 g/mol. The Morgan fingerprint density at radius 1 is 1.58 bits per heavy atom. The minimum atomic E-state index is -0.244. The highest BCUT2D eigenvalue weighted by Gasteiger charge is 2.09. The van der Waals surface area contributed by atoms with Crippen molar-refractivity contribution < 1.29 is 14.3 Å². The second-order valence-electron chi connectivity index (χ2n) is 2.51. The van der Waals surface area contributed by atoms with E-state index in [0.29, 0.717) is 17.1 Å². The molecule has 0 aliphatic rings. The molecule has 0 spiro atoms. The quantitative estimate of drug-likeness (QED) is 0.416. The lowest BCUT2D eigenvalue weighted by Crippen LogP contribution is -1.93. The van der Waals surface area contributed by atoms with Crippen molar-refractivity contribution in [1.29, 1.82) is 0 Å². The smallest absolute Gasteiger partial charge is 0.192 e. The van der Waals surface area contributed by atoms with Crippen molar-refractivity contribution in [3.05, 3.63) is 35.5 Å². The van der Waals surface area contributed by atoms with E-state index in [1.807, 2.05) is 0 Å². The molecule has 0 aliphatic carbocycles. The maximum absolute atomic E-state index is 11.2. The number of allylic oxidation sites excluding steroid dienone is 1. The molecule has 3 heteroatoms. The second kappa shape index (κ2) is 3.26. The van der Waals surface area contributed by atoms with Crippen molar-refractivity contribution in [2.24, 2.45) is 0 Å². The first kappa shape index (κ1) is 8.59. The molecule has 0 fully saturated rings. The molecule has 0 amide bonds. The van der Waals surface area contributed by atoms with Crippen LogP contribution in [0.3, 0.4) is 0 Å². The summed E-state index contributed by atoms with van der Waals surface area (Å²) in [5, 5.41) is 8.36. The van der Waals surface area contributed by atoms with Gasteiger partial charge in [-0.05, 0) is 19.9 Å². The first-order valence-electron chi connectivity index (χ1n) is 3.57. The first-order chi connectivity index (χ1) is 5.65. The van der Waals surface area contributed by atoms with Gasteiger partial charge in [-0.15, -0.1) is 0 Å². The molecule has 1 heterocycles. The summed E-state index contributed by atoms with van der Waals surface area (Å²) in [5.41, 5.74) is 0.498. The number of aliphatic hydroxyl groups excluding tert-OH is 1. The molecule has 0 unspecified atom stereocenters. The van der Waals surface area contributed by atoms with E-state index in [9.17, 15) is 4.79 Å². The first-order valence-corrected chi connectivity index (χ1v) is 3.57. The average molecular weight is 166 g/mol. The van der Waals surface area contributed by atoms with Gasteiger partial charge < -0.3 is 9.52 Å². The lowest BCUT2D eigenvalue weighted by atomic mass is 10.1. The molecule has 1 aromatic rings. The minimum absolute atomic E-state index is 0.244. The van der Waals surface area contributed by atoms with E-state index in [2.05, 4.69) is 0 Å². The van der Waals surface area contributed by atoms with E-state index in [4.69, 9.17) is 9.52 Å². The number of furan rings is 1. The zero-order valence-corrected chi connectivity index (χ0v) is 7.00. The Labute approximate surface area is 70.3 Å². The molecule has 0 aromatic carbocycles.